The van der Waals surface area contributed by atoms with E-state index >= 15 is 0 Å². The van der Waals surface area contributed by atoms with Gasteiger partial charge in [-0.15, -0.1) is 6.58 Å². The van der Waals surface area contributed by atoms with Gasteiger partial charge in [-0.25, -0.2) is 0 Å². The number of nitrogens with two attached hydrogens (primary N) is 1. The van der Waals surface area contributed by atoms with Crippen LogP contribution in [0.2, 0.25) is 0 Å². The molecule has 1 aliphatic heterocycles. The van der Waals surface area contributed by atoms with Crippen LogP contribution in [0, 0.1) is 5.41 Å². The second-order valence-electron chi connectivity index (χ2n) is 4.98. The third-order valence-corrected chi connectivity index (χ3v) is 4.87. The number of thioether (sulfide) groups is 1. The van der Waals surface area contributed by atoms with E-state index in [4.69, 9.17) is 5.73 Å². The van der Waals surface area contributed by atoms with Crippen LogP contribution in [-0.4, -0.2) is 30.1 Å². The van der Waals surface area contributed by atoms with Gasteiger partial charge >= 0.3 is 0 Å². The van der Waals surface area contributed by atoms with Gasteiger partial charge in [0.25, 0.3) is 0 Å². The van der Waals surface area contributed by atoms with Gasteiger partial charge in [0, 0.05) is 17.8 Å². The summed E-state index contributed by atoms with van der Waals surface area (Å²) in [5.74, 6) is 2.39. The maximum absolute atomic E-state index is 5.99. The Bertz CT molecular complexity index is 216. The number of hydrogen-bond donors (Lipinski definition) is 2. The van der Waals surface area contributed by atoms with Crippen molar-refractivity contribution in [3.05, 3.63) is 12.7 Å². The first-order valence-corrected chi connectivity index (χ1v) is 6.87. The molecule has 0 saturated carbocycles. The Hall–Kier alpha value is 0.0100. The Labute approximate surface area is 98.1 Å². The van der Waals surface area contributed by atoms with Crippen LogP contribution in [0.4, 0.5) is 0 Å². The van der Waals surface area contributed by atoms with E-state index in [0.29, 0.717) is 5.41 Å². The maximum Gasteiger partial charge on any atom is 0.0447 e. The van der Waals surface area contributed by atoms with Gasteiger partial charge in [0.15, 0.2) is 0 Å². The fraction of sp³-hybridized carbons (Fsp3) is 0.833. The number of hydrogen-bond acceptors (Lipinski definition) is 3. The van der Waals surface area contributed by atoms with Gasteiger partial charge in [0.1, 0.15) is 0 Å². The Morgan fingerprint density at radius 1 is 1.53 bits per heavy atom. The second-order valence-corrected chi connectivity index (χ2v) is 6.08. The van der Waals surface area contributed by atoms with Crippen LogP contribution in [0.3, 0.4) is 0 Å². The molecule has 0 aromatic heterocycles. The summed E-state index contributed by atoms with van der Waals surface area (Å²) in [4.78, 5) is 0. The third-order valence-electron chi connectivity index (χ3n) is 3.68. The molecule has 1 fully saturated rings. The molecule has 0 spiro atoms. The summed E-state index contributed by atoms with van der Waals surface area (Å²) in [6.07, 6.45) is 4.22. The minimum absolute atomic E-state index is 0.110. The normalized spacial score (nSPS) is 30.1. The fourth-order valence-corrected chi connectivity index (χ4v) is 3.88. The van der Waals surface area contributed by atoms with Crippen molar-refractivity contribution in [1.82, 2.24) is 5.32 Å². The van der Waals surface area contributed by atoms with Gasteiger partial charge < -0.3 is 11.1 Å². The van der Waals surface area contributed by atoms with Gasteiger partial charge in [0.2, 0.25) is 0 Å². The first kappa shape index (κ1) is 13.1. The lowest BCUT2D eigenvalue weighted by Gasteiger charge is -2.50. The van der Waals surface area contributed by atoms with Crippen molar-refractivity contribution in [2.45, 2.75) is 32.2 Å². The molecule has 0 aromatic carbocycles. The standard InChI is InChI=1S/C12H24N2S/c1-4-5-7-14-12(9-13)10-15-8-6-11(12,2)3/h4,14H,1,5-10,13H2,2-3H3. The molecule has 0 aromatic rings. The van der Waals surface area contributed by atoms with Crippen LogP contribution < -0.4 is 11.1 Å². The van der Waals surface area contributed by atoms with Crippen molar-refractivity contribution in [3.63, 3.8) is 0 Å². The van der Waals surface area contributed by atoms with Crippen molar-refractivity contribution >= 4 is 11.8 Å². The summed E-state index contributed by atoms with van der Waals surface area (Å²) in [7, 11) is 0. The minimum atomic E-state index is 0.110. The number of nitrogens with one attached hydrogen (secondary N) is 1. The van der Waals surface area contributed by atoms with E-state index in [0.717, 1.165) is 25.3 Å². The van der Waals surface area contributed by atoms with Gasteiger partial charge in [-0.1, -0.05) is 19.9 Å². The van der Waals surface area contributed by atoms with Gasteiger partial charge in [-0.2, -0.15) is 11.8 Å². The average Bonchev–Trinajstić information content (AvgIpc) is 2.21. The molecule has 3 heteroatoms. The quantitative estimate of drug-likeness (QED) is 0.558. The monoisotopic (exact) mass is 228 g/mol. The van der Waals surface area contributed by atoms with Crippen LogP contribution in [0.15, 0.2) is 12.7 Å². The molecule has 1 saturated heterocycles. The zero-order chi connectivity index (χ0) is 11.4. The molecule has 3 N–H and O–H groups in total. The number of rotatable bonds is 5. The molecular formula is C12H24N2S. The van der Waals surface area contributed by atoms with Crippen LogP contribution in [0.5, 0.6) is 0 Å². The van der Waals surface area contributed by atoms with Gasteiger partial charge in [-0.05, 0) is 30.6 Å². The Balaban J connectivity index is 2.66. The Kier molecular flexibility index (Phi) is 4.68. The summed E-state index contributed by atoms with van der Waals surface area (Å²) >= 11 is 2.02. The van der Waals surface area contributed by atoms with Crippen molar-refractivity contribution in [3.8, 4) is 0 Å². The largest absolute Gasteiger partial charge is 0.329 e. The van der Waals surface area contributed by atoms with Gasteiger partial charge in [-0.3, -0.25) is 0 Å². The summed E-state index contributed by atoms with van der Waals surface area (Å²) in [5.41, 5.74) is 6.40. The molecule has 1 aliphatic rings. The van der Waals surface area contributed by atoms with E-state index in [-0.39, 0.29) is 5.54 Å². The fourth-order valence-electron chi connectivity index (χ4n) is 2.12. The summed E-state index contributed by atoms with van der Waals surface area (Å²) in [6.45, 7) is 10.1. The molecule has 0 bridgehead atoms. The third kappa shape index (κ3) is 2.77. The second kappa shape index (κ2) is 5.37. The van der Waals surface area contributed by atoms with Crippen LogP contribution >= 0.6 is 11.8 Å². The molecule has 0 radical (unpaired) electrons. The first-order chi connectivity index (χ1) is 7.08. The maximum atomic E-state index is 5.99. The molecular weight excluding hydrogens is 204 g/mol. The summed E-state index contributed by atoms with van der Waals surface area (Å²) in [5, 5.41) is 3.66. The molecule has 0 aliphatic carbocycles. The highest BCUT2D eigenvalue weighted by atomic mass is 32.2. The lowest BCUT2D eigenvalue weighted by Crippen LogP contribution is -2.64. The van der Waals surface area contributed by atoms with Crippen molar-refractivity contribution < 1.29 is 0 Å². The lowest BCUT2D eigenvalue weighted by molar-refractivity contribution is 0.138. The van der Waals surface area contributed by atoms with Gasteiger partial charge in [0.05, 0.1) is 0 Å². The van der Waals surface area contributed by atoms with Crippen LogP contribution in [0.25, 0.3) is 0 Å². The van der Waals surface area contributed by atoms with E-state index in [1.807, 2.05) is 17.8 Å². The highest BCUT2D eigenvalue weighted by Crippen LogP contribution is 2.41. The molecule has 2 nitrogen and oxygen atoms in total. The topological polar surface area (TPSA) is 38.0 Å². The SMILES string of the molecule is C=CCCNC1(CN)CSCCC1(C)C. The zero-order valence-corrected chi connectivity index (χ0v) is 10.8. The zero-order valence-electron chi connectivity index (χ0n) is 10.0. The van der Waals surface area contributed by atoms with Crippen LogP contribution in [-0.2, 0) is 0 Å². The molecule has 1 heterocycles. The van der Waals surface area contributed by atoms with E-state index in [9.17, 15) is 0 Å². The highest BCUT2D eigenvalue weighted by Gasteiger charge is 2.45. The predicted molar refractivity (Wildman–Crippen MR) is 70.3 cm³/mol. The van der Waals surface area contributed by atoms with Crippen molar-refractivity contribution in [2.24, 2.45) is 11.1 Å². The van der Waals surface area contributed by atoms with E-state index < -0.39 is 0 Å². The Morgan fingerprint density at radius 2 is 2.27 bits per heavy atom. The first-order valence-electron chi connectivity index (χ1n) is 5.72. The van der Waals surface area contributed by atoms with E-state index in [1.165, 1.54) is 12.2 Å². The van der Waals surface area contributed by atoms with Crippen LogP contribution in [0.1, 0.15) is 26.7 Å². The summed E-state index contributed by atoms with van der Waals surface area (Å²) in [6, 6.07) is 0. The van der Waals surface area contributed by atoms with E-state index in [2.05, 4.69) is 25.7 Å². The molecule has 15 heavy (non-hydrogen) atoms. The van der Waals surface area contributed by atoms with E-state index in [1.54, 1.807) is 0 Å². The predicted octanol–water partition coefficient (Wildman–Crippen LogP) is 2.01. The highest BCUT2D eigenvalue weighted by molar-refractivity contribution is 7.99. The average molecular weight is 228 g/mol. The molecule has 1 unspecified atom stereocenters. The smallest absolute Gasteiger partial charge is 0.0447 e. The molecule has 1 rings (SSSR count). The van der Waals surface area contributed by atoms with Crippen molar-refractivity contribution in [2.75, 3.05) is 24.6 Å². The van der Waals surface area contributed by atoms with Crippen molar-refractivity contribution in [1.29, 1.82) is 0 Å². The molecule has 1 atom stereocenters. The molecule has 0 amide bonds. The molecule has 88 valence electrons. The minimum Gasteiger partial charge on any atom is -0.329 e. The Morgan fingerprint density at radius 3 is 2.80 bits per heavy atom. The summed E-state index contributed by atoms with van der Waals surface area (Å²) < 4.78 is 0. The lowest BCUT2D eigenvalue weighted by atomic mass is 9.70.